The van der Waals surface area contributed by atoms with E-state index in [0.29, 0.717) is 0 Å². The topological polar surface area (TPSA) is 12.9 Å². The Labute approximate surface area is 109 Å². The third kappa shape index (κ3) is 3.99. The Morgan fingerprint density at radius 2 is 2.56 bits per heavy atom. The van der Waals surface area contributed by atoms with E-state index in [-0.39, 0.29) is 58.2 Å². The molecular formula is C6H8NRbS. The Morgan fingerprint density at radius 1 is 1.78 bits per heavy atom. The summed E-state index contributed by atoms with van der Waals surface area (Å²) in [5.74, 6) is 0. The maximum atomic E-state index is 3.83. The second kappa shape index (κ2) is 6.17. The fourth-order valence-electron chi connectivity index (χ4n) is 0.572. The van der Waals surface area contributed by atoms with Gasteiger partial charge in [0.05, 0.1) is 0 Å². The molecule has 0 aliphatic rings. The molecule has 3 heteroatoms. The zero-order chi connectivity index (χ0) is 5.82. The molecule has 0 atom stereocenters. The van der Waals surface area contributed by atoms with Crippen LogP contribution in [-0.2, 0) is 6.42 Å². The van der Waals surface area contributed by atoms with Crippen LogP contribution in [0, 0.1) is 5.51 Å². The summed E-state index contributed by atoms with van der Waals surface area (Å²) in [7, 11) is 0. The van der Waals surface area contributed by atoms with Crippen LogP contribution in [0.4, 0.5) is 0 Å². The van der Waals surface area contributed by atoms with E-state index in [2.05, 4.69) is 17.4 Å². The quantitative estimate of drug-likeness (QED) is 0.566. The number of hydrogen-bond acceptors (Lipinski definition) is 2. The second-order valence-corrected chi connectivity index (χ2v) is 2.58. The molecular weight excluding hydrogens is 204 g/mol. The summed E-state index contributed by atoms with van der Waals surface area (Å²) < 4.78 is 0. The Bertz CT molecular complexity index is 139. The van der Waals surface area contributed by atoms with E-state index in [1.54, 1.807) is 11.3 Å². The molecule has 0 saturated heterocycles. The van der Waals surface area contributed by atoms with Crippen molar-refractivity contribution in [2.75, 3.05) is 0 Å². The van der Waals surface area contributed by atoms with Gasteiger partial charge in [0.25, 0.3) is 0 Å². The number of aromatic nitrogens is 1. The molecule has 0 aliphatic heterocycles. The van der Waals surface area contributed by atoms with Crippen LogP contribution in [0.1, 0.15) is 18.2 Å². The molecule has 1 nitrogen and oxygen atoms in total. The summed E-state index contributed by atoms with van der Waals surface area (Å²) in [5.41, 5.74) is 2.81. The number of aryl methyl sites for hydroxylation is 1. The molecule has 0 N–H and O–H groups in total. The van der Waals surface area contributed by atoms with Gasteiger partial charge in [0.2, 0.25) is 0 Å². The predicted molar refractivity (Wildman–Crippen MR) is 34.9 cm³/mol. The molecule has 1 rings (SSSR count). The first kappa shape index (κ1) is 10.4. The van der Waals surface area contributed by atoms with Crippen molar-refractivity contribution in [1.82, 2.24) is 4.98 Å². The number of thiazole rings is 1. The van der Waals surface area contributed by atoms with Gasteiger partial charge in [-0.2, -0.15) is 0 Å². The molecule has 1 aromatic heterocycles. The van der Waals surface area contributed by atoms with E-state index in [9.17, 15) is 0 Å². The van der Waals surface area contributed by atoms with Gasteiger partial charge in [0, 0.05) is 0 Å². The Hall–Kier alpha value is 1.44. The smallest absolute Gasteiger partial charge is 0.394 e. The van der Waals surface area contributed by atoms with Gasteiger partial charge in [-0.1, -0.05) is 19.8 Å². The van der Waals surface area contributed by atoms with Crippen molar-refractivity contribution in [2.24, 2.45) is 0 Å². The van der Waals surface area contributed by atoms with Crippen molar-refractivity contribution in [3.8, 4) is 0 Å². The molecule has 1 heterocycles. The van der Waals surface area contributed by atoms with Crippen LogP contribution in [0.2, 0.25) is 0 Å². The molecule has 0 radical (unpaired) electrons. The second-order valence-electron chi connectivity index (χ2n) is 1.67. The van der Waals surface area contributed by atoms with E-state index >= 15 is 0 Å². The largest absolute Gasteiger partial charge is 1.00 e. The summed E-state index contributed by atoms with van der Waals surface area (Å²) >= 11 is 1.61. The molecule has 0 aliphatic carbocycles. The van der Waals surface area contributed by atoms with Gasteiger partial charge >= 0.3 is 58.2 Å². The van der Waals surface area contributed by atoms with Crippen LogP contribution in [0.15, 0.2) is 6.20 Å². The monoisotopic (exact) mass is 211 g/mol. The van der Waals surface area contributed by atoms with Crippen LogP contribution in [0.5, 0.6) is 0 Å². The van der Waals surface area contributed by atoms with Crippen LogP contribution >= 0.6 is 11.3 Å². The van der Waals surface area contributed by atoms with E-state index in [1.165, 1.54) is 11.3 Å². The minimum atomic E-state index is 0. The Kier molecular flexibility index (Phi) is 7.15. The van der Waals surface area contributed by atoms with Crippen molar-refractivity contribution >= 4 is 11.3 Å². The Morgan fingerprint density at radius 3 is 3.00 bits per heavy atom. The van der Waals surface area contributed by atoms with Crippen LogP contribution in [0.3, 0.4) is 0 Å². The van der Waals surface area contributed by atoms with Crippen molar-refractivity contribution in [2.45, 2.75) is 19.8 Å². The SMILES string of the molecule is CCCc1cn[c-]s1.[Rb+]. The van der Waals surface area contributed by atoms with Gasteiger partial charge in [-0.05, 0) is 5.51 Å². The van der Waals surface area contributed by atoms with Crippen LogP contribution in [0.25, 0.3) is 0 Å². The fourth-order valence-corrected chi connectivity index (χ4v) is 1.21. The maximum Gasteiger partial charge on any atom is 1.00 e. The normalized spacial score (nSPS) is 8.56. The average molecular weight is 212 g/mol. The average Bonchev–Trinajstić information content (AvgIpc) is 2.19. The molecule has 0 saturated carbocycles. The third-order valence-corrected chi connectivity index (χ3v) is 1.70. The number of nitrogens with zero attached hydrogens (tertiary/aromatic N) is 1. The van der Waals surface area contributed by atoms with Gasteiger partial charge in [0.1, 0.15) is 0 Å². The molecule has 9 heavy (non-hydrogen) atoms. The first-order chi connectivity index (χ1) is 3.93. The van der Waals surface area contributed by atoms with Gasteiger partial charge in [0.15, 0.2) is 0 Å². The summed E-state index contributed by atoms with van der Waals surface area (Å²) in [4.78, 5) is 5.17. The molecule has 1 aromatic rings. The van der Waals surface area contributed by atoms with Gasteiger partial charge in [-0.15, -0.1) is 11.1 Å². The molecule has 44 valence electrons. The zero-order valence-electron chi connectivity index (χ0n) is 5.85. The minimum Gasteiger partial charge on any atom is -0.394 e. The van der Waals surface area contributed by atoms with E-state index in [4.69, 9.17) is 0 Å². The molecule has 0 amide bonds. The first-order valence-corrected chi connectivity index (χ1v) is 3.56. The third-order valence-electron chi connectivity index (χ3n) is 0.934. The van der Waals surface area contributed by atoms with E-state index in [0.717, 1.165) is 6.42 Å². The van der Waals surface area contributed by atoms with Gasteiger partial charge in [-0.3, -0.25) is 11.3 Å². The Balaban J connectivity index is 0.000000640. The molecule has 0 fully saturated rings. The van der Waals surface area contributed by atoms with E-state index in [1.807, 2.05) is 6.20 Å². The first-order valence-electron chi connectivity index (χ1n) is 2.74. The zero-order valence-corrected chi connectivity index (χ0v) is 11.6. The summed E-state index contributed by atoms with van der Waals surface area (Å²) in [6, 6.07) is 0. The number of rotatable bonds is 2. The molecule has 0 spiro atoms. The van der Waals surface area contributed by atoms with Crippen molar-refractivity contribution in [3.63, 3.8) is 0 Å². The summed E-state index contributed by atoms with van der Waals surface area (Å²) in [6.07, 6.45) is 4.24. The van der Waals surface area contributed by atoms with E-state index < -0.39 is 0 Å². The molecule has 0 aromatic carbocycles. The van der Waals surface area contributed by atoms with Crippen LogP contribution < -0.4 is 58.2 Å². The molecule has 0 unspecified atom stereocenters. The summed E-state index contributed by atoms with van der Waals surface area (Å²) in [6.45, 7) is 2.17. The van der Waals surface area contributed by atoms with Crippen molar-refractivity contribution in [1.29, 1.82) is 0 Å². The molecule has 0 bridgehead atoms. The minimum absolute atomic E-state index is 0. The predicted octanol–water partition coefficient (Wildman–Crippen LogP) is -1.10. The maximum absolute atomic E-state index is 3.83. The van der Waals surface area contributed by atoms with Crippen molar-refractivity contribution < 1.29 is 58.2 Å². The van der Waals surface area contributed by atoms with Crippen molar-refractivity contribution in [3.05, 3.63) is 16.6 Å². The van der Waals surface area contributed by atoms with Gasteiger partial charge < -0.3 is 4.98 Å². The van der Waals surface area contributed by atoms with Crippen LogP contribution in [-0.4, -0.2) is 4.98 Å². The standard InChI is InChI=1S/C6H8NS.Rb/c1-2-3-6-4-7-5-8-6;/h4H,2-3H2,1H3;/q-1;+1. The number of hydrogen-bond donors (Lipinski definition) is 0. The summed E-state index contributed by atoms with van der Waals surface area (Å²) in [5, 5.41) is 0. The fraction of sp³-hybridized carbons (Fsp3) is 0.500. The van der Waals surface area contributed by atoms with Gasteiger partial charge in [-0.25, -0.2) is 0 Å².